The molecule has 3 fully saturated rings. The topological polar surface area (TPSA) is 54.0 Å². The fourth-order valence-electron chi connectivity index (χ4n) is 10.2. The number of fused-ring (bicyclic) bond motifs is 5. The predicted molar refractivity (Wildman–Crippen MR) is 198 cm³/mol. The summed E-state index contributed by atoms with van der Waals surface area (Å²) >= 11 is 0. The zero-order valence-electron chi connectivity index (χ0n) is 31.9. The lowest BCUT2D eigenvalue weighted by Crippen LogP contribution is -2.62. The molecule has 0 saturated heterocycles. The second-order valence-electron chi connectivity index (χ2n) is 19.8. The molecule has 0 heterocycles. The van der Waals surface area contributed by atoms with Gasteiger partial charge in [-0.05, 0) is 164 Å². The summed E-state index contributed by atoms with van der Waals surface area (Å²) in [5, 5.41) is 0. The molecular formula is C36H70O5Si4. The monoisotopic (exact) mass is 694 g/mol. The van der Waals surface area contributed by atoms with Crippen molar-refractivity contribution in [3.63, 3.8) is 0 Å². The Bertz CT molecular complexity index is 1100. The summed E-state index contributed by atoms with van der Waals surface area (Å²) in [4.78, 5) is 12.8. The van der Waals surface area contributed by atoms with Crippen LogP contribution in [0, 0.1) is 40.4 Å². The molecule has 0 aromatic carbocycles. The molecule has 0 N–H and O–H groups in total. The normalized spacial score (nSPS) is 38.1. The summed E-state index contributed by atoms with van der Waals surface area (Å²) < 4.78 is 27.2. The first-order chi connectivity index (χ1) is 20.3. The van der Waals surface area contributed by atoms with Gasteiger partial charge in [-0.25, -0.2) is 0 Å². The maximum Gasteiger partial charge on any atom is 0.292 e. The third-order valence-electron chi connectivity index (χ3n) is 11.6. The van der Waals surface area contributed by atoms with E-state index in [0.29, 0.717) is 42.1 Å². The number of carbonyl (C=O) groups excluding carboxylic acids is 1. The van der Waals surface area contributed by atoms with E-state index < -0.39 is 33.3 Å². The predicted octanol–water partition coefficient (Wildman–Crippen LogP) is 10.2. The van der Waals surface area contributed by atoms with Crippen molar-refractivity contribution in [1.82, 2.24) is 0 Å². The summed E-state index contributed by atoms with van der Waals surface area (Å²) in [6, 6.07) is 0. The summed E-state index contributed by atoms with van der Waals surface area (Å²) in [5.74, 6) is 2.62. The molecule has 4 aliphatic rings. The Kier molecular flexibility index (Phi) is 10.9. The molecule has 10 atom stereocenters. The summed E-state index contributed by atoms with van der Waals surface area (Å²) in [7, 11) is -7.12. The van der Waals surface area contributed by atoms with E-state index in [2.05, 4.69) is 105 Å². The minimum Gasteiger partial charge on any atom is -0.520 e. The zero-order chi connectivity index (χ0) is 34.0. The van der Waals surface area contributed by atoms with Gasteiger partial charge in [0.15, 0.2) is 25.0 Å². The number of hydrogen-bond acceptors (Lipinski definition) is 5. The van der Waals surface area contributed by atoms with Crippen molar-refractivity contribution in [2.75, 3.05) is 0 Å². The number of hydrogen-bond donors (Lipinski definition) is 0. The molecule has 5 nitrogen and oxygen atoms in total. The third-order valence-corrected chi connectivity index (χ3v) is 15.5. The van der Waals surface area contributed by atoms with E-state index >= 15 is 0 Å². The van der Waals surface area contributed by atoms with Gasteiger partial charge in [0, 0.05) is 12.5 Å². The molecule has 9 heteroatoms. The lowest BCUT2D eigenvalue weighted by atomic mass is 9.45. The Morgan fingerprint density at radius 1 is 0.822 bits per heavy atom. The fourth-order valence-corrected chi connectivity index (χ4v) is 14.4. The maximum absolute atomic E-state index is 12.8. The molecule has 3 unspecified atom stereocenters. The van der Waals surface area contributed by atoms with Crippen molar-refractivity contribution < 1.29 is 22.5 Å². The molecule has 45 heavy (non-hydrogen) atoms. The van der Waals surface area contributed by atoms with E-state index in [1.807, 2.05) is 0 Å². The van der Waals surface area contributed by atoms with Crippen LogP contribution in [-0.2, 0) is 22.5 Å². The van der Waals surface area contributed by atoms with Gasteiger partial charge in [-0.15, -0.1) is 0 Å². The SMILES string of the molecule is C[C@H](CCC(=O)O[Si](C)(C)C)[C@H]1CCC2C3C(C[C@H](O[Si](C)(C)C)[C@@]21C)[C@@]1(C)CC[C@H](O[Si](C)(C)C)CC1=C[C@@H]3O[Si](C)(C)C. The second kappa shape index (κ2) is 13.0. The van der Waals surface area contributed by atoms with Crippen molar-refractivity contribution in [2.24, 2.45) is 40.4 Å². The lowest BCUT2D eigenvalue weighted by Gasteiger charge is -2.63. The first-order valence-corrected chi connectivity index (χ1v) is 31.9. The summed E-state index contributed by atoms with van der Waals surface area (Å²) in [6.07, 6.45) is 11.8. The van der Waals surface area contributed by atoms with E-state index in [-0.39, 0.29) is 29.0 Å². The Balaban J connectivity index is 1.71. The average molecular weight is 695 g/mol. The molecule has 0 spiro atoms. The van der Waals surface area contributed by atoms with E-state index in [1.54, 1.807) is 5.57 Å². The van der Waals surface area contributed by atoms with Crippen LogP contribution in [0.3, 0.4) is 0 Å². The molecule has 0 bridgehead atoms. The average Bonchev–Trinajstić information content (AvgIpc) is 3.18. The van der Waals surface area contributed by atoms with E-state index in [1.165, 1.54) is 19.3 Å². The van der Waals surface area contributed by atoms with Gasteiger partial charge in [0.05, 0.1) is 12.2 Å². The van der Waals surface area contributed by atoms with E-state index in [9.17, 15) is 4.79 Å². The van der Waals surface area contributed by atoms with Crippen molar-refractivity contribution in [1.29, 1.82) is 0 Å². The van der Waals surface area contributed by atoms with Crippen LogP contribution < -0.4 is 0 Å². The first-order valence-electron chi connectivity index (χ1n) is 18.3. The van der Waals surface area contributed by atoms with Gasteiger partial charge < -0.3 is 17.7 Å². The maximum atomic E-state index is 12.8. The number of carbonyl (C=O) groups is 1. The highest BCUT2D eigenvalue weighted by Gasteiger charge is 2.65. The molecule has 3 saturated carbocycles. The fraction of sp³-hybridized carbons (Fsp3) is 0.917. The van der Waals surface area contributed by atoms with Crippen molar-refractivity contribution in [3.8, 4) is 0 Å². The second-order valence-corrected chi connectivity index (χ2v) is 37.6. The molecule has 4 rings (SSSR count). The van der Waals surface area contributed by atoms with Crippen LogP contribution >= 0.6 is 0 Å². The van der Waals surface area contributed by atoms with Gasteiger partial charge >= 0.3 is 0 Å². The highest BCUT2D eigenvalue weighted by molar-refractivity contribution is 6.71. The van der Waals surface area contributed by atoms with Gasteiger partial charge in [0.1, 0.15) is 0 Å². The molecule has 260 valence electrons. The van der Waals surface area contributed by atoms with E-state index in [4.69, 9.17) is 17.7 Å². The Labute approximate surface area is 281 Å². The van der Waals surface area contributed by atoms with E-state index in [0.717, 1.165) is 25.7 Å². The Morgan fingerprint density at radius 3 is 1.98 bits per heavy atom. The Morgan fingerprint density at radius 2 is 1.42 bits per heavy atom. The summed E-state index contributed by atoms with van der Waals surface area (Å²) in [5.41, 5.74) is 1.86. The minimum absolute atomic E-state index is 0.00509. The minimum atomic E-state index is -1.88. The van der Waals surface area contributed by atoms with Crippen LogP contribution in [-0.4, -0.2) is 57.6 Å². The van der Waals surface area contributed by atoms with Crippen molar-refractivity contribution >= 4 is 39.2 Å². The zero-order valence-corrected chi connectivity index (χ0v) is 35.9. The quantitative estimate of drug-likeness (QED) is 0.159. The highest BCUT2D eigenvalue weighted by Crippen LogP contribution is 2.68. The third kappa shape index (κ3) is 8.77. The Hall–Kier alpha value is -0.0425. The van der Waals surface area contributed by atoms with Crippen molar-refractivity contribution in [3.05, 3.63) is 11.6 Å². The smallest absolute Gasteiger partial charge is 0.292 e. The summed E-state index contributed by atoms with van der Waals surface area (Å²) in [6.45, 7) is 35.1. The molecule has 0 amide bonds. The largest absolute Gasteiger partial charge is 0.520 e. The number of rotatable bonds is 11. The first kappa shape index (κ1) is 37.8. The molecular weight excluding hydrogens is 625 g/mol. The van der Waals surface area contributed by atoms with Gasteiger partial charge in [0.25, 0.3) is 5.97 Å². The van der Waals surface area contributed by atoms with Gasteiger partial charge in [-0.1, -0.05) is 32.4 Å². The standard InChI is InChI=1S/C36H70O5Si4/c1-25(16-19-33(37)41-45(13,14)15)28-17-18-29-34-30(24-32(36(28,29)3)40-44(10,11)12)35(2)21-20-27(38-42(4,5)6)22-26(35)23-31(34)39-43(7,8)9/h23,25,27-32,34H,16-22,24H2,1-15H3/t25-,27+,28-,29?,30?,31+,32+,34?,35+,36-/m1/s1. The van der Waals surface area contributed by atoms with Crippen molar-refractivity contribution in [2.45, 2.75) is 169 Å². The molecule has 0 radical (unpaired) electrons. The van der Waals surface area contributed by atoms with Crippen LogP contribution in [0.2, 0.25) is 78.6 Å². The van der Waals surface area contributed by atoms with Crippen LogP contribution in [0.25, 0.3) is 0 Å². The van der Waals surface area contributed by atoms with Gasteiger partial charge in [0.2, 0.25) is 8.32 Å². The molecule has 0 aliphatic heterocycles. The lowest BCUT2D eigenvalue weighted by molar-refractivity contribution is -0.150. The van der Waals surface area contributed by atoms with Gasteiger partial charge in [-0.2, -0.15) is 0 Å². The molecule has 4 aliphatic carbocycles. The van der Waals surface area contributed by atoms with Crippen LogP contribution in [0.4, 0.5) is 0 Å². The van der Waals surface area contributed by atoms with Gasteiger partial charge in [-0.3, -0.25) is 4.79 Å². The molecule has 0 aromatic heterocycles. The van der Waals surface area contributed by atoms with Crippen LogP contribution in [0.1, 0.15) is 72.1 Å². The highest BCUT2D eigenvalue weighted by atomic mass is 28.4. The molecule has 0 aromatic rings. The van der Waals surface area contributed by atoms with Crippen LogP contribution in [0.5, 0.6) is 0 Å². The van der Waals surface area contributed by atoms with Crippen LogP contribution in [0.15, 0.2) is 11.6 Å².